The number of benzene rings is 2. The van der Waals surface area contributed by atoms with Gasteiger partial charge in [-0.25, -0.2) is 14.4 Å². The van der Waals surface area contributed by atoms with Crippen molar-refractivity contribution in [2.45, 2.75) is 57.0 Å². The van der Waals surface area contributed by atoms with Gasteiger partial charge in [-0.3, -0.25) is 24.6 Å². The number of halogens is 1. The number of methoxy groups -OCH3 is 1. The number of imide groups is 1. The van der Waals surface area contributed by atoms with E-state index >= 15 is 4.39 Å². The first-order valence-corrected chi connectivity index (χ1v) is 15.8. The summed E-state index contributed by atoms with van der Waals surface area (Å²) in [6, 6.07) is 8.14. The summed E-state index contributed by atoms with van der Waals surface area (Å²) in [4.78, 5) is 51.8. The van der Waals surface area contributed by atoms with Gasteiger partial charge in [-0.15, -0.1) is 0 Å². The molecule has 0 aliphatic carbocycles. The molecule has 2 aromatic carbocycles. The Kier molecular flexibility index (Phi) is 8.30. The zero-order valence-electron chi connectivity index (χ0n) is 25.7. The number of carbonyl (C=O) groups is 3. The number of aromatic nitrogens is 2. The largest absolute Gasteiger partial charge is 0.489 e. The number of rotatable bonds is 8. The fraction of sp³-hybridized carbons (Fsp3) is 0.485. The third kappa shape index (κ3) is 6.02. The normalized spacial score (nSPS) is 24.2. The lowest BCUT2D eigenvalue weighted by molar-refractivity contribution is -0.136. The van der Waals surface area contributed by atoms with Crippen LogP contribution in [0.5, 0.6) is 5.75 Å². The number of likely N-dealkylation sites (tertiary alicyclic amines) is 1. The Labute approximate surface area is 265 Å². The van der Waals surface area contributed by atoms with Crippen LogP contribution in [0.4, 0.5) is 10.3 Å². The molecule has 3 amide bonds. The van der Waals surface area contributed by atoms with Crippen molar-refractivity contribution in [2.24, 2.45) is 5.92 Å². The zero-order valence-corrected chi connectivity index (χ0v) is 25.7. The van der Waals surface area contributed by atoms with Gasteiger partial charge in [0.25, 0.3) is 5.91 Å². The second-order valence-electron chi connectivity index (χ2n) is 12.7. The quantitative estimate of drug-likeness (QED) is 0.355. The van der Waals surface area contributed by atoms with Gasteiger partial charge in [-0.05, 0) is 60.7 Å². The molecule has 3 atom stereocenters. The number of aliphatic hydroxyl groups excluding tert-OH is 1. The summed E-state index contributed by atoms with van der Waals surface area (Å²) in [6.07, 6.45) is 2.96. The van der Waals surface area contributed by atoms with E-state index in [-0.39, 0.29) is 48.4 Å². The van der Waals surface area contributed by atoms with Gasteiger partial charge in [0.15, 0.2) is 0 Å². The highest BCUT2D eigenvalue weighted by molar-refractivity contribution is 6.05. The van der Waals surface area contributed by atoms with E-state index in [1.54, 1.807) is 25.4 Å². The van der Waals surface area contributed by atoms with E-state index in [9.17, 15) is 19.5 Å². The minimum Gasteiger partial charge on any atom is -0.489 e. The Balaban J connectivity index is 1.02. The smallest absolute Gasteiger partial charge is 0.255 e. The second kappa shape index (κ2) is 12.5. The van der Waals surface area contributed by atoms with Crippen molar-refractivity contribution in [3.05, 3.63) is 59.0 Å². The Morgan fingerprint density at radius 1 is 1.09 bits per heavy atom. The van der Waals surface area contributed by atoms with Crippen molar-refractivity contribution in [1.82, 2.24) is 25.1 Å². The maximum Gasteiger partial charge on any atom is 0.255 e. The van der Waals surface area contributed by atoms with Crippen molar-refractivity contribution < 1.29 is 33.4 Å². The van der Waals surface area contributed by atoms with E-state index in [0.717, 1.165) is 11.1 Å². The highest BCUT2D eigenvalue weighted by Gasteiger charge is 2.40. The van der Waals surface area contributed by atoms with Gasteiger partial charge in [-0.2, -0.15) is 0 Å². The number of aliphatic hydroxyl groups is 1. The van der Waals surface area contributed by atoms with Crippen LogP contribution in [0.3, 0.4) is 0 Å². The Morgan fingerprint density at radius 3 is 2.70 bits per heavy atom. The Bertz CT molecular complexity index is 1680. The molecule has 1 aromatic heterocycles. The fourth-order valence-electron chi connectivity index (χ4n) is 7.08. The number of anilines is 1. The molecule has 3 fully saturated rings. The number of nitrogens with zero attached hydrogens (tertiary/aromatic N) is 5. The van der Waals surface area contributed by atoms with Crippen LogP contribution in [-0.2, 0) is 27.4 Å². The van der Waals surface area contributed by atoms with Crippen molar-refractivity contribution in [1.29, 1.82) is 0 Å². The van der Waals surface area contributed by atoms with E-state index < -0.39 is 17.8 Å². The van der Waals surface area contributed by atoms with E-state index in [4.69, 9.17) is 9.47 Å². The number of nitrogens with one attached hydrogen (secondary N) is 1. The number of hydrogen-bond donors (Lipinski definition) is 2. The second-order valence-corrected chi connectivity index (χ2v) is 12.7. The van der Waals surface area contributed by atoms with Crippen LogP contribution in [0, 0.1) is 11.7 Å². The van der Waals surface area contributed by atoms with Crippen LogP contribution >= 0.6 is 0 Å². The minimum absolute atomic E-state index is 0.0686. The Hall–Kier alpha value is -4.20. The van der Waals surface area contributed by atoms with E-state index in [0.29, 0.717) is 81.2 Å². The lowest BCUT2D eigenvalue weighted by Crippen LogP contribution is -2.52. The first kappa shape index (κ1) is 30.5. The molecular weight excluding hydrogens is 595 g/mol. The van der Waals surface area contributed by atoms with Gasteiger partial charge in [0.05, 0.1) is 12.7 Å². The monoisotopic (exact) mass is 632 g/mol. The van der Waals surface area contributed by atoms with E-state index in [1.165, 1.54) is 11.0 Å². The molecule has 5 heterocycles. The van der Waals surface area contributed by atoms with Crippen LogP contribution < -0.4 is 15.0 Å². The molecule has 2 N–H and O–H groups in total. The van der Waals surface area contributed by atoms with Crippen molar-refractivity contribution in [3.8, 4) is 5.75 Å². The number of piperidine rings is 2. The molecule has 0 bridgehead atoms. The first-order chi connectivity index (χ1) is 22.2. The number of fused-ring (bicyclic) bond motifs is 2. The average Bonchev–Trinajstić information content (AvgIpc) is 3.56. The van der Waals surface area contributed by atoms with Crippen molar-refractivity contribution >= 4 is 34.6 Å². The summed E-state index contributed by atoms with van der Waals surface area (Å²) in [5.41, 5.74) is 2.40. The van der Waals surface area contributed by atoms with Crippen molar-refractivity contribution in [3.63, 3.8) is 0 Å². The molecule has 12 nitrogen and oxygen atoms in total. The summed E-state index contributed by atoms with van der Waals surface area (Å²) < 4.78 is 27.3. The zero-order chi connectivity index (χ0) is 31.9. The molecule has 0 spiro atoms. The lowest BCUT2D eigenvalue weighted by Gasteiger charge is -2.29. The van der Waals surface area contributed by atoms with Crippen LogP contribution in [-0.4, -0.2) is 101 Å². The summed E-state index contributed by atoms with van der Waals surface area (Å²) in [7, 11) is 1.66. The minimum atomic E-state index is -0.672. The third-order valence-corrected chi connectivity index (χ3v) is 9.46. The molecule has 4 aliphatic rings. The third-order valence-electron chi connectivity index (χ3n) is 9.46. The highest BCUT2D eigenvalue weighted by Crippen LogP contribution is 2.32. The molecule has 0 radical (unpaired) electrons. The fourth-order valence-corrected chi connectivity index (χ4v) is 7.08. The van der Waals surface area contributed by atoms with Crippen LogP contribution in [0.15, 0.2) is 36.5 Å². The maximum atomic E-state index is 15.3. The summed E-state index contributed by atoms with van der Waals surface area (Å²) in [6.45, 7) is 3.84. The number of hydrogen-bond acceptors (Lipinski definition) is 10. The SMILES string of the molecule is COC[C@@H]1CN(Cc2cc(F)c3nc(N4CCC(O)CC4)ncc3c2)C[C@H]1Oc1ccc2c(c1)CN([C@H]1CCC(=O)NC1=O)C2=O. The van der Waals surface area contributed by atoms with Gasteiger partial charge >= 0.3 is 0 Å². The van der Waals surface area contributed by atoms with Gasteiger partial charge in [-0.1, -0.05) is 0 Å². The van der Waals surface area contributed by atoms with Crippen LogP contribution in [0.1, 0.15) is 47.2 Å². The molecule has 13 heteroatoms. The van der Waals surface area contributed by atoms with Crippen molar-refractivity contribution in [2.75, 3.05) is 44.8 Å². The summed E-state index contributed by atoms with van der Waals surface area (Å²) >= 11 is 0. The molecule has 46 heavy (non-hydrogen) atoms. The van der Waals surface area contributed by atoms with Crippen LogP contribution in [0.25, 0.3) is 10.9 Å². The standard InChI is InChI=1S/C33H37FN6O6/c1-45-18-22-15-38(14-19-10-20-13-35-33(37-30(20)26(34)11-19)39-8-6-23(41)7-9-39)17-28(22)46-24-2-3-25-21(12-24)16-40(32(25)44)27-4-5-29(42)36-31(27)43/h2-3,10-13,22-23,27-28,41H,4-9,14-18H2,1H3,(H,36,42,43)/t22-,27-,28+/m0/s1. The van der Waals surface area contributed by atoms with E-state index in [2.05, 4.69) is 20.2 Å². The molecule has 0 unspecified atom stereocenters. The van der Waals surface area contributed by atoms with Gasteiger partial charge in [0.1, 0.15) is 29.2 Å². The number of carbonyl (C=O) groups excluding carboxylic acids is 3. The molecule has 3 saturated heterocycles. The summed E-state index contributed by atoms with van der Waals surface area (Å²) in [5.74, 6) is -0.209. The maximum absolute atomic E-state index is 15.3. The molecule has 7 rings (SSSR count). The molecule has 4 aliphatic heterocycles. The molecule has 3 aromatic rings. The number of ether oxygens (including phenoxy) is 2. The number of amides is 3. The molecular formula is C33H37FN6O6. The highest BCUT2D eigenvalue weighted by atomic mass is 19.1. The van der Waals surface area contributed by atoms with Crippen LogP contribution in [0.2, 0.25) is 0 Å². The first-order valence-electron chi connectivity index (χ1n) is 15.8. The van der Waals surface area contributed by atoms with Gasteiger partial charge in [0.2, 0.25) is 17.8 Å². The average molecular weight is 633 g/mol. The van der Waals surface area contributed by atoms with Gasteiger partial charge < -0.3 is 24.4 Å². The predicted octanol–water partition coefficient (Wildman–Crippen LogP) is 2.02. The van der Waals surface area contributed by atoms with Gasteiger partial charge in [0, 0.05) is 75.9 Å². The Morgan fingerprint density at radius 2 is 1.91 bits per heavy atom. The topological polar surface area (TPSA) is 137 Å². The molecule has 242 valence electrons. The lowest BCUT2D eigenvalue weighted by atomic mass is 10.0. The molecule has 0 saturated carbocycles. The summed E-state index contributed by atoms with van der Waals surface area (Å²) in [5, 5.41) is 12.8. The predicted molar refractivity (Wildman–Crippen MR) is 164 cm³/mol. The van der Waals surface area contributed by atoms with E-state index in [1.807, 2.05) is 17.0 Å².